The van der Waals surface area contributed by atoms with Crippen LogP contribution in [0.4, 0.5) is 10.8 Å². The fraction of sp³-hybridized carbons (Fsp3) is 0.0588. The number of hydrogen-bond donors (Lipinski definition) is 2. The first kappa shape index (κ1) is 14.5. The third kappa shape index (κ3) is 2.65. The minimum absolute atomic E-state index is 0.401. The van der Waals surface area contributed by atoms with E-state index in [0.717, 1.165) is 21.7 Å². The van der Waals surface area contributed by atoms with Crippen LogP contribution in [0.15, 0.2) is 52.9 Å². The Labute approximate surface area is 140 Å². The topological polar surface area (TPSA) is 84.6 Å². The number of nitrogens with one attached hydrogen (secondary N) is 1. The van der Waals surface area contributed by atoms with Gasteiger partial charge in [0.2, 0.25) is 4.90 Å². The van der Waals surface area contributed by atoms with E-state index in [1.165, 1.54) is 11.3 Å². The Morgan fingerprint density at radius 3 is 2.83 bits per heavy atom. The smallest absolute Gasteiger partial charge is 0.341 e. The summed E-state index contributed by atoms with van der Waals surface area (Å²) in [4.78, 5) is 15.9. The number of benzene rings is 2. The number of carboxylic acid groups (broad SMARTS) is 1. The number of nitrogens with zero attached hydrogens (tertiary/aromatic N) is 1. The fourth-order valence-corrected chi connectivity index (χ4v) is 3.26. The number of aromatic nitrogens is 1. The minimum atomic E-state index is -1.03. The number of fused-ring (bicyclic) bond motifs is 3. The number of carbonyl (C=O) groups is 1. The first-order valence-corrected chi connectivity index (χ1v) is 8.01. The molecular formula is C17H12N2O4S. The summed E-state index contributed by atoms with van der Waals surface area (Å²) in [6, 6.07) is 15.1. The lowest BCUT2D eigenvalue weighted by molar-refractivity contribution is -0.139. The van der Waals surface area contributed by atoms with E-state index in [1.54, 1.807) is 12.1 Å². The van der Waals surface area contributed by atoms with Gasteiger partial charge in [0.1, 0.15) is 5.52 Å². The van der Waals surface area contributed by atoms with Gasteiger partial charge in [-0.25, -0.2) is 9.78 Å². The third-order valence-electron chi connectivity index (χ3n) is 3.40. The maximum Gasteiger partial charge on any atom is 0.341 e. The van der Waals surface area contributed by atoms with E-state index in [9.17, 15) is 4.79 Å². The highest BCUT2D eigenvalue weighted by Crippen LogP contribution is 2.39. The summed E-state index contributed by atoms with van der Waals surface area (Å²) in [5.41, 5.74) is 2.19. The van der Waals surface area contributed by atoms with Crippen LogP contribution in [-0.2, 0) is 4.79 Å². The summed E-state index contributed by atoms with van der Waals surface area (Å²) < 4.78 is 11.1. The third-order valence-corrected chi connectivity index (χ3v) is 4.25. The molecule has 2 N–H and O–H groups in total. The standard InChI is InChI=1S/C17H12N2O4S/c20-13(21)9-22-12-8-4-7-11-14-16(23-15(11)12)24-17(19-14)18-10-5-2-1-3-6-10/h1-8H,9H2,(H,18,19)(H,20,21). The first-order chi connectivity index (χ1) is 11.7. The van der Waals surface area contributed by atoms with Crippen LogP contribution in [0.2, 0.25) is 0 Å². The van der Waals surface area contributed by atoms with Crippen LogP contribution in [0.3, 0.4) is 0 Å². The van der Waals surface area contributed by atoms with E-state index in [2.05, 4.69) is 10.3 Å². The number of rotatable bonds is 5. The second-order valence-electron chi connectivity index (χ2n) is 5.06. The van der Waals surface area contributed by atoms with Crippen LogP contribution in [0, 0.1) is 0 Å². The van der Waals surface area contributed by atoms with Gasteiger partial charge in [0, 0.05) is 5.69 Å². The highest BCUT2D eigenvalue weighted by molar-refractivity contribution is 7.21. The molecule has 0 saturated carbocycles. The average Bonchev–Trinajstić information content (AvgIpc) is 3.11. The van der Waals surface area contributed by atoms with Gasteiger partial charge in [0.05, 0.1) is 5.39 Å². The van der Waals surface area contributed by atoms with Gasteiger partial charge in [-0.3, -0.25) is 0 Å². The molecule has 24 heavy (non-hydrogen) atoms. The second kappa shape index (κ2) is 5.86. The number of anilines is 2. The maximum atomic E-state index is 10.7. The summed E-state index contributed by atoms with van der Waals surface area (Å²) in [6.45, 7) is -0.415. The van der Waals surface area contributed by atoms with Crippen molar-refractivity contribution >= 4 is 49.5 Å². The Bertz CT molecular complexity index is 1020. The van der Waals surface area contributed by atoms with Gasteiger partial charge in [-0.2, -0.15) is 0 Å². The largest absolute Gasteiger partial charge is 0.479 e. The summed E-state index contributed by atoms with van der Waals surface area (Å²) in [5.74, 6) is -0.634. The van der Waals surface area contributed by atoms with Crippen molar-refractivity contribution in [2.45, 2.75) is 0 Å². The normalized spacial score (nSPS) is 11.0. The minimum Gasteiger partial charge on any atom is -0.479 e. The lowest BCUT2D eigenvalue weighted by atomic mass is 10.2. The molecule has 2 aromatic heterocycles. The Balaban J connectivity index is 1.71. The van der Waals surface area contributed by atoms with Crippen LogP contribution in [0.5, 0.6) is 5.75 Å². The van der Waals surface area contributed by atoms with Crippen LogP contribution in [-0.4, -0.2) is 22.7 Å². The summed E-state index contributed by atoms with van der Waals surface area (Å²) >= 11 is 1.39. The maximum absolute atomic E-state index is 10.7. The van der Waals surface area contributed by atoms with Crippen molar-refractivity contribution in [3.8, 4) is 5.75 Å². The molecule has 0 aliphatic rings. The van der Waals surface area contributed by atoms with Gasteiger partial charge in [0.15, 0.2) is 23.1 Å². The lowest BCUT2D eigenvalue weighted by Crippen LogP contribution is -2.09. The van der Waals surface area contributed by atoms with Crippen molar-refractivity contribution in [1.29, 1.82) is 0 Å². The second-order valence-corrected chi connectivity index (χ2v) is 6.03. The van der Waals surface area contributed by atoms with Gasteiger partial charge in [-0.15, -0.1) is 0 Å². The van der Waals surface area contributed by atoms with E-state index < -0.39 is 12.6 Å². The molecule has 6 nitrogen and oxygen atoms in total. The molecule has 2 heterocycles. The fourth-order valence-electron chi connectivity index (χ4n) is 2.40. The molecule has 0 amide bonds. The van der Waals surface area contributed by atoms with E-state index in [4.69, 9.17) is 14.3 Å². The zero-order valence-electron chi connectivity index (χ0n) is 12.4. The van der Waals surface area contributed by atoms with Crippen molar-refractivity contribution in [3.05, 3.63) is 48.5 Å². The number of para-hydroxylation sites is 2. The van der Waals surface area contributed by atoms with Gasteiger partial charge >= 0.3 is 5.97 Å². The number of thiazole rings is 1. The summed E-state index contributed by atoms with van der Waals surface area (Å²) in [6.07, 6.45) is 0. The molecule has 0 aliphatic carbocycles. The van der Waals surface area contributed by atoms with Crippen LogP contribution >= 0.6 is 11.3 Å². The van der Waals surface area contributed by atoms with Crippen LogP contribution < -0.4 is 10.1 Å². The first-order valence-electron chi connectivity index (χ1n) is 7.19. The molecule has 0 fully saturated rings. The molecule has 120 valence electrons. The van der Waals surface area contributed by atoms with E-state index >= 15 is 0 Å². The Morgan fingerprint density at radius 2 is 2.04 bits per heavy atom. The monoisotopic (exact) mass is 340 g/mol. The van der Waals surface area contributed by atoms with Crippen molar-refractivity contribution in [2.24, 2.45) is 0 Å². The number of aliphatic carboxylic acids is 1. The molecule has 0 aliphatic heterocycles. The zero-order chi connectivity index (χ0) is 16.5. The quantitative estimate of drug-likeness (QED) is 0.565. The molecule has 4 aromatic rings. The highest BCUT2D eigenvalue weighted by atomic mass is 32.1. The van der Waals surface area contributed by atoms with Gasteiger partial charge in [-0.1, -0.05) is 35.6 Å². The molecular weight excluding hydrogens is 328 g/mol. The van der Waals surface area contributed by atoms with E-state index in [1.807, 2.05) is 36.4 Å². The number of hydrogen-bond acceptors (Lipinski definition) is 6. The summed E-state index contributed by atoms with van der Waals surface area (Å²) in [5, 5.41) is 13.5. The van der Waals surface area contributed by atoms with Crippen molar-refractivity contribution in [2.75, 3.05) is 11.9 Å². The molecule has 0 spiro atoms. The Hall–Kier alpha value is -3.06. The van der Waals surface area contributed by atoms with Crippen LogP contribution in [0.1, 0.15) is 0 Å². The van der Waals surface area contributed by atoms with Gasteiger partial charge in [0.25, 0.3) is 0 Å². The lowest BCUT2D eigenvalue weighted by Gasteiger charge is -2.03. The predicted molar refractivity (Wildman–Crippen MR) is 92.2 cm³/mol. The van der Waals surface area contributed by atoms with Crippen molar-refractivity contribution < 1.29 is 19.1 Å². The number of furan rings is 1. The van der Waals surface area contributed by atoms with E-state index in [0.29, 0.717) is 16.2 Å². The van der Waals surface area contributed by atoms with Crippen molar-refractivity contribution in [1.82, 2.24) is 4.98 Å². The SMILES string of the molecule is O=C(O)COc1cccc2c1oc1sc(Nc3ccccc3)nc12. The predicted octanol–water partition coefficient (Wildman–Crippen LogP) is 4.25. The van der Waals surface area contributed by atoms with Gasteiger partial charge in [-0.05, 0) is 24.3 Å². The molecule has 0 unspecified atom stereocenters. The van der Waals surface area contributed by atoms with Crippen molar-refractivity contribution in [3.63, 3.8) is 0 Å². The Morgan fingerprint density at radius 1 is 1.21 bits per heavy atom. The molecule has 0 atom stereocenters. The molecule has 0 bridgehead atoms. The molecule has 0 radical (unpaired) electrons. The zero-order valence-corrected chi connectivity index (χ0v) is 13.2. The molecule has 0 saturated heterocycles. The van der Waals surface area contributed by atoms with E-state index in [-0.39, 0.29) is 0 Å². The number of carboxylic acids is 1. The summed E-state index contributed by atoms with van der Waals surface area (Å²) in [7, 11) is 0. The molecule has 2 aromatic carbocycles. The molecule has 7 heteroatoms. The molecule has 4 rings (SSSR count). The van der Waals surface area contributed by atoms with Gasteiger partial charge < -0.3 is 19.6 Å². The average molecular weight is 340 g/mol. The number of ether oxygens (including phenoxy) is 1. The highest BCUT2D eigenvalue weighted by Gasteiger charge is 2.16. The Kier molecular flexibility index (Phi) is 3.55. The van der Waals surface area contributed by atoms with Crippen LogP contribution in [0.25, 0.3) is 21.4 Å².